The summed E-state index contributed by atoms with van der Waals surface area (Å²) < 4.78 is 1.53. The van der Waals surface area contributed by atoms with Gasteiger partial charge in [0.2, 0.25) is 12.3 Å². The number of unbranched alkanes of at least 4 members (excludes halogenated alkanes) is 2. The minimum absolute atomic E-state index is 0.102. The maximum atomic E-state index is 13.1. The molecule has 0 bridgehead atoms. The van der Waals surface area contributed by atoms with Crippen molar-refractivity contribution in [3.8, 4) is 5.69 Å². The first-order valence-corrected chi connectivity index (χ1v) is 11.0. The number of hydrazine groups is 1. The van der Waals surface area contributed by atoms with Gasteiger partial charge in [0.25, 0.3) is 5.56 Å². The molecule has 0 spiro atoms. The molecule has 0 radical (unpaired) electrons. The highest BCUT2D eigenvalue weighted by molar-refractivity contribution is 5.86. The number of amides is 2. The number of carbonyl (C=O) groups excluding carboxylic acids is 2. The number of nitrogens with one attached hydrogen (secondary N) is 2. The summed E-state index contributed by atoms with van der Waals surface area (Å²) in [5, 5.41) is 10.9. The number of nitrogens with zero attached hydrogens (tertiary/aromatic N) is 3. The highest BCUT2D eigenvalue weighted by Crippen LogP contribution is 2.20. The Hall–Kier alpha value is -3.72. The summed E-state index contributed by atoms with van der Waals surface area (Å²) in [5.41, 5.74) is 7.45. The fraction of sp³-hybridized carbons (Fsp3) is 0.333. The highest BCUT2D eigenvalue weighted by atomic mass is 16.5. The van der Waals surface area contributed by atoms with Gasteiger partial charge in [-0.1, -0.05) is 44.4 Å². The zero-order valence-electron chi connectivity index (χ0n) is 18.8. The maximum Gasteiger partial charge on any atom is 0.260 e. The van der Waals surface area contributed by atoms with Crippen LogP contribution in [0.25, 0.3) is 16.6 Å². The second-order valence-electron chi connectivity index (χ2n) is 7.92. The van der Waals surface area contributed by atoms with E-state index in [2.05, 4.69) is 22.8 Å². The summed E-state index contributed by atoms with van der Waals surface area (Å²) >= 11 is 0. The Labute approximate surface area is 192 Å². The Morgan fingerprint density at radius 3 is 2.79 bits per heavy atom. The van der Waals surface area contributed by atoms with Gasteiger partial charge in [-0.15, -0.1) is 0 Å². The van der Waals surface area contributed by atoms with Crippen LogP contribution in [0.15, 0.2) is 53.6 Å². The molecular weight excluding hydrogens is 422 g/mol. The van der Waals surface area contributed by atoms with Crippen molar-refractivity contribution in [1.82, 2.24) is 20.0 Å². The first-order valence-electron chi connectivity index (χ1n) is 11.0. The van der Waals surface area contributed by atoms with Crippen molar-refractivity contribution in [3.05, 3.63) is 64.7 Å². The van der Waals surface area contributed by atoms with E-state index in [1.807, 2.05) is 30.3 Å². The monoisotopic (exact) mass is 451 g/mol. The SMILES string of the molecule is CCCCC[C@H](CN(O)C=O)C(=O)NNc1ccn(-c2cccc3cccnc23)c(=O)c1C. The number of rotatable bonds is 11. The molecule has 0 saturated heterocycles. The van der Waals surface area contributed by atoms with E-state index >= 15 is 0 Å². The van der Waals surface area contributed by atoms with E-state index < -0.39 is 5.92 Å². The second kappa shape index (κ2) is 11.2. The molecule has 0 unspecified atom stereocenters. The van der Waals surface area contributed by atoms with Gasteiger partial charge in [0.1, 0.15) is 0 Å². The lowest BCUT2D eigenvalue weighted by atomic mass is 10.0. The van der Waals surface area contributed by atoms with E-state index in [4.69, 9.17) is 0 Å². The molecule has 0 fully saturated rings. The first-order chi connectivity index (χ1) is 16.0. The molecule has 1 aromatic carbocycles. The fourth-order valence-corrected chi connectivity index (χ4v) is 3.69. The molecular formula is C24H29N5O4. The van der Waals surface area contributed by atoms with Gasteiger partial charge in [-0.3, -0.25) is 40.0 Å². The van der Waals surface area contributed by atoms with Gasteiger partial charge < -0.3 is 0 Å². The average Bonchev–Trinajstić information content (AvgIpc) is 2.84. The van der Waals surface area contributed by atoms with Crippen LogP contribution in [0.2, 0.25) is 0 Å². The Morgan fingerprint density at radius 1 is 1.24 bits per heavy atom. The quantitative estimate of drug-likeness (QED) is 0.178. The van der Waals surface area contributed by atoms with Crippen molar-refractivity contribution in [1.29, 1.82) is 0 Å². The van der Waals surface area contributed by atoms with E-state index in [9.17, 15) is 19.6 Å². The largest absolute Gasteiger partial charge is 0.298 e. The van der Waals surface area contributed by atoms with Crippen LogP contribution in [0, 0.1) is 12.8 Å². The van der Waals surface area contributed by atoms with Gasteiger partial charge >= 0.3 is 0 Å². The van der Waals surface area contributed by atoms with Crippen LogP contribution in [0.3, 0.4) is 0 Å². The predicted octanol–water partition coefficient (Wildman–Crippen LogP) is 3.18. The smallest absolute Gasteiger partial charge is 0.260 e. The molecule has 0 aliphatic rings. The number of benzene rings is 1. The van der Waals surface area contributed by atoms with Crippen LogP contribution in [0.1, 0.15) is 38.2 Å². The highest BCUT2D eigenvalue weighted by Gasteiger charge is 2.21. The maximum absolute atomic E-state index is 13.1. The van der Waals surface area contributed by atoms with E-state index in [-0.39, 0.29) is 24.4 Å². The number of para-hydroxylation sites is 1. The Bertz CT molecular complexity index is 1170. The van der Waals surface area contributed by atoms with Crippen molar-refractivity contribution in [2.45, 2.75) is 39.5 Å². The average molecular weight is 452 g/mol. The lowest BCUT2D eigenvalue weighted by Gasteiger charge is -2.20. The topological polar surface area (TPSA) is 117 Å². The van der Waals surface area contributed by atoms with Crippen LogP contribution in [-0.4, -0.2) is 38.7 Å². The van der Waals surface area contributed by atoms with Crippen LogP contribution >= 0.6 is 0 Å². The molecule has 174 valence electrons. The van der Waals surface area contributed by atoms with Crippen LogP contribution in [0.5, 0.6) is 0 Å². The molecule has 2 amide bonds. The van der Waals surface area contributed by atoms with Crippen molar-refractivity contribution >= 4 is 28.9 Å². The molecule has 0 aliphatic heterocycles. The molecule has 9 nitrogen and oxygen atoms in total. The zero-order chi connectivity index (χ0) is 23.8. The summed E-state index contributed by atoms with van der Waals surface area (Å²) in [7, 11) is 0. The minimum Gasteiger partial charge on any atom is -0.298 e. The molecule has 1 atom stereocenters. The molecule has 2 aromatic heterocycles. The molecule has 9 heteroatoms. The molecule has 3 rings (SSSR count). The van der Waals surface area contributed by atoms with Crippen molar-refractivity contribution < 1.29 is 14.8 Å². The predicted molar refractivity (Wildman–Crippen MR) is 126 cm³/mol. The summed E-state index contributed by atoms with van der Waals surface area (Å²) in [6.45, 7) is 3.63. The lowest BCUT2D eigenvalue weighted by Crippen LogP contribution is -2.40. The normalized spacial score (nSPS) is 11.7. The van der Waals surface area contributed by atoms with Gasteiger partial charge in [0, 0.05) is 23.3 Å². The number of hydrogen-bond acceptors (Lipinski definition) is 6. The summed E-state index contributed by atoms with van der Waals surface area (Å²) in [6.07, 6.45) is 6.86. The Kier molecular flexibility index (Phi) is 8.15. The van der Waals surface area contributed by atoms with Crippen molar-refractivity contribution in [2.24, 2.45) is 5.92 Å². The van der Waals surface area contributed by atoms with E-state index in [1.54, 1.807) is 25.4 Å². The van der Waals surface area contributed by atoms with Gasteiger partial charge in [-0.25, -0.2) is 5.06 Å². The second-order valence-corrected chi connectivity index (χ2v) is 7.92. The Morgan fingerprint density at radius 2 is 2.03 bits per heavy atom. The number of pyridine rings is 2. The van der Waals surface area contributed by atoms with Gasteiger partial charge in [-0.2, -0.15) is 0 Å². The summed E-state index contributed by atoms with van der Waals surface area (Å²) in [4.78, 5) is 40.9. The van der Waals surface area contributed by atoms with Crippen LogP contribution < -0.4 is 16.4 Å². The van der Waals surface area contributed by atoms with E-state index in [0.29, 0.717) is 33.9 Å². The van der Waals surface area contributed by atoms with E-state index in [1.165, 1.54) is 4.57 Å². The van der Waals surface area contributed by atoms with Crippen LogP contribution in [-0.2, 0) is 9.59 Å². The number of hydroxylamine groups is 2. The standard InChI is InChI=1S/C24H29N5O4/c1-3-4-5-8-19(15-28(33)16-30)23(31)27-26-20-12-14-29(24(32)17(20)2)21-11-6-9-18-10-7-13-25-22(18)21/h6-7,9-14,16,19,26,33H,3-5,8,15H2,1-2H3,(H,27,31)/t19-/m1/s1. The van der Waals surface area contributed by atoms with Crippen molar-refractivity contribution in [3.63, 3.8) is 0 Å². The van der Waals surface area contributed by atoms with Crippen LogP contribution in [0.4, 0.5) is 5.69 Å². The third kappa shape index (κ3) is 5.75. The third-order valence-electron chi connectivity index (χ3n) is 5.58. The number of aromatic nitrogens is 2. The molecule has 3 N–H and O–H groups in total. The van der Waals surface area contributed by atoms with Gasteiger partial charge in [0.15, 0.2) is 0 Å². The number of hydrogen-bond donors (Lipinski definition) is 3. The number of anilines is 1. The summed E-state index contributed by atoms with van der Waals surface area (Å²) in [6, 6.07) is 11.1. The molecule has 0 saturated carbocycles. The zero-order valence-corrected chi connectivity index (χ0v) is 18.8. The first kappa shape index (κ1) is 23.9. The number of carbonyl (C=O) groups is 2. The number of fused-ring (bicyclic) bond motifs is 1. The van der Waals surface area contributed by atoms with Gasteiger partial charge in [-0.05, 0) is 31.5 Å². The van der Waals surface area contributed by atoms with Crippen molar-refractivity contribution in [2.75, 3.05) is 12.0 Å². The van der Waals surface area contributed by atoms with Gasteiger partial charge in [0.05, 0.1) is 29.4 Å². The minimum atomic E-state index is -0.582. The Balaban J connectivity index is 1.78. The van der Waals surface area contributed by atoms with E-state index in [0.717, 1.165) is 24.6 Å². The lowest BCUT2D eigenvalue weighted by molar-refractivity contribution is -0.154. The summed E-state index contributed by atoms with van der Waals surface area (Å²) in [5.74, 6) is -0.949. The fourth-order valence-electron chi connectivity index (χ4n) is 3.69. The molecule has 3 aromatic rings. The third-order valence-corrected chi connectivity index (χ3v) is 5.58. The molecule has 0 aliphatic carbocycles. The molecule has 33 heavy (non-hydrogen) atoms. The molecule has 2 heterocycles.